The van der Waals surface area contributed by atoms with Crippen molar-refractivity contribution in [3.8, 4) is 0 Å². The Labute approximate surface area is 128 Å². The Morgan fingerprint density at radius 2 is 1.95 bits per heavy atom. The van der Waals surface area contributed by atoms with E-state index in [1.54, 1.807) is 0 Å². The van der Waals surface area contributed by atoms with E-state index < -0.39 is 6.10 Å². The molecule has 0 aromatic heterocycles. The normalized spacial score (nSPS) is 22.9. The third kappa shape index (κ3) is 6.24. The van der Waals surface area contributed by atoms with Crippen LogP contribution in [-0.4, -0.2) is 40.9 Å². The van der Waals surface area contributed by atoms with Crippen molar-refractivity contribution in [1.29, 1.82) is 10.8 Å². The highest BCUT2D eigenvalue weighted by Crippen LogP contribution is 2.24. The van der Waals surface area contributed by atoms with E-state index in [0.29, 0.717) is 18.0 Å². The minimum atomic E-state index is -0.703. The van der Waals surface area contributed by atoms with Crippen LogP contribution in [0.2, 0.25) is 0 Å². The van der Waals surface area contributed by atoms with Gasteiger partial charge in [0.15, 0.2) is 0 Å². The number of hydrogen-bond donors (Lipinski definition) is 5. The molecule has 0 aromatic carbocycles. The van der Waals surface area contributed by atoms with E-state index in [9.17, 15) is 5.11 Å². The number of aliphatic hydroxyl groups excluding tert-OH is 2. The van der Waals surface area contributed by atoms with Crippen LogP contribution in [0.4, 0.5) is 0 Å². The Balaban J connectivity index is 2.21. The van der Waals surface area contributed by atoms with Gasteiger partial charge in [-0.2, -0.15) is 0 Å². The van der Waals surface area contributed by atoms with Gasteiger partial charge in [0.25, 0.3) is 0 Å². The highest BCUT2D eigenvalue weighted by Gasteiger charge is 2.21. The maximum absolute atomic E-state index is 9.59. The largest absolute Gasteiger partial charge is 0.394 e. The molecule has 0 heterocycles. The third-order valence-corrected chi connectivity index (χ3v) is 4.62. The molecule has 3 atom stereocenters. The molecule has 21 heavy (non-hydrogen) atoms. The van der Waals surface area contributed by atoms with Gasteiger partial charge in [-0.3, -0.25) is 0 Å². The molecule has 0 radical (unpaired) electrons. The quantitative estimate of drug-likeness (QED) is 0.331. The average Bonchev–Trinajstić information content (AvgIpc) is 2.65. The summed E-state index contributed by atoms with van der Waals surface area (Å²) in [6.45, 7) is 0.190. The zero-order valence-corrected chi connectivity index (χ0v) is 13.0. The van der Waals surface area contributed by atoms with Crippen molar-refractivity contribution in [2.75, 3.05) is 13.2 Å². The predicted octanol–water partition coefficient (Wildman–Crippen LogP) is 2.09. The Bertz CT molecular complexity index is 333. The van der Waals surface area contributed by atoms with Crippen LogP contribution in [0.15, 0.2) is 0 Å². The zero-order chi connectivity index (χ0) is 15.7. The first-order valence-electron chi connectivity index (χ1n) is 8.25. The van der Waals surface area contributed by atoms with E-state index >= 15 is 0 Å². The topological polar surface area (TPSA) is 114 Å². The van der Waals surface area contributed by atoms with Gasteiger partial charge in [-0.25, -0.2) is 0 Å². The Morgan fingerprint density at radius 3 is 2.62 bits per heavy atom. The van der Waals surface area contributed by atoms with Gasteiger partial charge in [0, 0.05) is 5.92 Å². The van der Waals surface area contributed by atoms with Crippen LogP contribution in [0, 0.1) is 22.7 Å². The molecular formula is C16H31N3O2. The van der Waals surface area contributed by atoms with Gasteiger partial charge >= 0.3 is 0 Å². The molecule has 1 aliphatic carbocycles. The second-order valence-corrected chi connectivity index (χ2v) is 6.22. The fourth-order valence-electron chi connectivity index (χ4n) is 3.10. The molecule has 3 unspecified atom stereocenters. The van der Waals surface area contributed by atoms with Gasteiger partial charge in [0.05, 0.1) is 24.1 Å². The van der Waals surface area contributed by atoms with Crippen molar-refractivity contribution < 1.29 is 10.2 Å². The Hall–Kier alpha value is -0.780. The SMILES string of the molecule is N=C1CCCCC(CCCCCC(CN)C(O)CO)C1=N. The molecule has 1 rings (SSSR count). The maximum atomic E-state index is 9.59. The molecular weight excluding hydrogens is 266 g/mol. The molecule has 1 fully saturated rings. The lowest BCUT2D eigenvalue weighted by atomic mass is 9.90. The van der Waals surface area contributed by atoms with Gasteiger partial charge in [0.2, 0.25) is 0 Å². The van der Waals surface area contributed by atoms with E-state index in [-0.39, 0.29) is 18.4 Å². The molecule has 5 nitrogen and oxygen atoms in total. The maximum Gasteiger partial charge on any atom is 0.0811 e. The smallest absolute Gasteiger partial charge is 0.0811 e. The number of rotatable bonds is 9. The van der Waals surface area contributed by atoms with Crippen LogP contribution in [-0.2, 0) is 0 Å². The van der Waals surface area contributed by atoms with Crippen LogP contribution in [0.5, 0.6) is 0 Å². The molecule has 5 heteroatoms. The highest BCUT2D eigenvalue weighted by molar-refractivity contribution is 6.40. The molecule has 1 aliphatic rings. The lowest BCUT2D eigenvalue weighted by molar-refractivity contribution is 0.0458. The molecule has 0 aromatic rings. The summed E-state index contributed by atoms with van der Waals surface area (Å²) < 4.78 is 0. The van der Waals surface area contributed by atoms with Gasteiger partial charge in [0.1, 0.15) is 0 Å². The van der Waals surface area contributed by atoms with Gasteiger partial charge < -0.3 is 26.8 Å². The summed E-state index contributed by atoms with van der Waals surface area (Å²) >= 11 is 0. The summed E-state index contributed by atoms with van der Waals surface area (Å²) in [6, 6.07) is 0. The zero-order valence-electron chi connectivity index (χ0n) is 13.0. The first kappa shape index (κ1) is 18.3. The highest BCUT2D eigenvalue weighted by atomic mass is 16.3. The van der Waals surface area contributed by atoms with Crippen molar-refractivity contribution in [1.82, 2.24) is 0 Å². The fraction of sp³-hybridized carbons (Fsp3) is 0.875. The number of unbranched alkanes of at least 4 members (excludes halogenated alkanes) is 2. The Kier molecular flexibility index (Phi) is 8.73. The molecule has 1 saturated carbocycles. The van der Waals surface area contributed by atoms with Crippen molar-refractivity contribution >= 4 is 11.4 Å². The van der Waals surface area contributed by atoms with Crippen molar-refractivity contribution in [3.05, 3.63) is 0 Å². The van der Waals surface area contributed by atoms with E-state index in [2.05, 4.69) is 0 Å². The first-order chi connectivity index (χ1) is 10.1. The monoisotopic (exact) mass is 297 g/mol. The molecule has 0 bridgehead atoms. The second-order valence-electron chi connectivity index (χ2n) is 6.22. The second kappa shape index (κ2) is 10.0. The first-order valence-corrected chi connectivity index (χ1v) is 8.25. The summed E-state index contributed by atoms with van der Waals surface area (Å²) in [5.74, 6) is 0.257. The molecule has 0 saturated heterocycles. The summed E-state index contributed by atoms with van der Waals surface area (Å²) in [4.78, 5) is 0. The van der Waals surface area contributed by atoms with Crippen molar-refractivity contribution in [2.24, 2.45) is 17.6 Å². The summed E-state index contributed by atoms with van der Waals surface area (Å²) in [5, 5.41) is 34.4. The number of nitrogens with one attached hydrogen (secondary N) is 2. The van der Waals surface area contributed by atoms with Gasteiger partial charge in [-0.15, -0.1) is 0 Å². The third-order valence-electron chi connectivity index (χ3n) is 4.62. The van der Waals surface area contributed by atoms with Gasteiger partial charge in [-0.1, -0.05) is 25.7 Å². The standard InChI is InChI=1S/C16H31N3O2/c17-10-13(15(21)11-20)8-3-1-2-6-12-7-4-5-9-14(18)16(12)19/h12-13,15,18-21H,1-11,17H2. The molecule has 0 amide bonds. The van der Waals surface area contributed by atoms with Crippen LogP contribution in [0.25, 0.3) is 0 Å². The van der Waals surface area contributed by atoms with Crippen molar-refractivity contribution in [3.63, 3.8) is 0 Å². The summed E-state index contributed by atoms with van der Waals surface area (Å²) in [5.41, 5.74) is 6.70. The van der Waals surface area contributed by atoms with Gasteiger partial charge in [-0.05, 0) is 44.6 Å². The minimum Gasteiger partial charge on any atom is -0.394 e. The van der Waals surface area contributed by atoms with Crippen molar-refractivity contribution in [2.45, 2.75) is 63.9 Å². The number of hydrogen-bond acceptors (Lipinski definition) is 5. The molecule has 0 aliphatic heterocycles. The number of nitrogens with two attached hydrogens (primary N) is 1. The van der Waals surface area contributed by atoms with E-state index in [1.165, 1.54) is 0 Å². The molecule has 6 N–H and O–H groups in total. The van der Waals surface area contributed by atoms with E-state index in [0.717, 1.165) is 57.8 Å². The lowest BCUT2D eigenvalue weighted by Crippen LogP contribution is -2.30. The summed E-state index contributed by atoms with van der Waals surface area (Å²) in [6.07, 6.45) is 8.26. The van der Waals surface area contributed by atoms with E-state index in [4.69, 9.17) is 21.7 Å². The van der Waals surface area contributed by atoms with Crippen LogP contribution >= 0.6 is 0 Å². The fourth-order valence-corrected chi connectivity index (χ4v) is 3.10. The van der Waals surface area contributed by atoms with E-state index in [1.807, 2.05) is 0 Å². The van der Waals surface area contributed by atoms with Crippen LogP contribution in [0.3, 0.4) is 0 Å². The lowest BCUT2D eigenvalue weighted by Gasteiger charge is -2.19. The average molecular weight is 297 g/mol. The van der Waals surface area contributed by atoms with Crippen LogP contribution < -0.4 is 5.73 Å². The number of aliphatic hydroxyl groups is 2. The molecule has 0 spiro atoms. The van der Waals surface area contributed by atoms with Crippen LogP contribution in [0.1, 0.15) is 57.8 Å². The Morgan fingerprint density at radius 1 is 1.19 bits per heavy atom. The predicted molar refractivity (Wildman–Crippen MR) is 86.1 cm³/mol. The molecule has 122 valence electrons. The minimum absolute atomic E-state index is 0.0145. The summed E-state index contributed by atoms with van der Waals surface area (Å²) in [7, 11) is 0.